The molecule has 0 spiro atoms. The molecule has 0 bridgehead atoms. The number of methoxy groups -OCH3 is 1. The predicted octanol–water partition coefficient (Wildman–Crippen LogP) is 7.84. The third-order valence-corrected chi connectivity index (χ3v) is 6.46. The highest BCUT2D eigenvalue weighted by atomic mass is 31.0. The number of ether oxygens (including phenoxy) is 1. The van der Waals surface area contributed by atoms with Crippen molar-refractivity contribution < 1.29 is 4.74 Å². The van der Waals surface area contributed by atoms with Crippen LogP contribution >= 0.6 is 9.24 Å². The lowest BCUT2D eigenvalue weighted by Crippen LogP contribution is -2.19. The molecule has 0 aliphatic carbocycles. The van der Waals surface area contributed by atoms with Crippen LogP contribution in [0.4, 0.5) is 0 Å². The van der Waals surface area contributed by atoms with E-state index < -0.39 is 0 Å². The number of benzene rings is 2. The number of hydrogen-bond donors (Lipinski definition) is 0. The number of hydrogen-bond acceptors (Lipinski definition) is 1. The fourth-order valence-electron chi connectivity index (χ4n) is 4.18. The Morgan fingerprint density at radius 2 is 1.28 bits per heavy atom. The molecular weight excluding hydrogens is 371 g/mol. The normalized spacial score (nSPS) is 12.4. The van der Waals surface area contributed by atoms with Gasteiger partial charge in [0.1, 0.15) is 5.75 Å². The van der Waals surface area contributed by atoms with Crippen LogP contribution in [0, 0.1) is 6.92 Å². The van der Waals surface area contributed by atoms with Gasteiger partial charge in [-0.1, -0.05) is 80.5 Å². The first-order chi connectivity index (χ1) is 13.3. The first-order valence-corrected chi connectivity index (χ1v) is 11.5. The summed E-state index contributed by atoms with van der Waals surface area (Å²) in [5, 5.41) is 1.18. The molecule has 160 valence electrons. The van der Waals surface area contributed by atoms with Gasteiger partial charge in [0, 0.05) is 10.9 Å². The third kappa shape index (κ3) is 4.72. The lowest BCUT2D eigenvalue weighted by atomic mass is 9.78. The van der Waals surface area contributed by atoms with Crippen molar-refractivity contribution in [3.05, 3.63) is 46.0 Å². The molecule has 0 heterocycles. The van der Waals surface area contributed by atoms with E-state index >= 15 is 0 Å². The molecule has 2 heteroatoms. The van der Waals surface area contributed by atoms with E-state index in [1.54, 1.807) is 7.11 Å². The molecule has 1 unspecified atom stereocenters. The zero-order valence-electron chi connectivity index (χ0n) is 20.4. The molecule has 2 aromatic rings. The van der Waals surface area contributed by atoms with Gasteiger partial charge in [-0.3, -0.25) is 0 Å². The first kappa shape index (κ1) is 23.9. The topological polar surface area (TPSA) is 9.23 Å². The maximum absolute atomic E-state index is 5.96. The van der Waals surface area contributed by atoms with Gasteiger partial charge in [-0.25, -0.2) is 0 Å². The Morgan fingerprint density at radius 3 is 1.62 bits per heavy atom. The molecule has 0 amide bonds. The Morgan fingerprint density at radius 1 is 0.793 bits per heavy atom. The van der Waals surface area contributed by atoms with Gasteiger partial charge in [0.15, 0.2) is 0 Å². The third-order valence-electron chi connectivity index (χ3n) is 5.91. The second kappa shape index (κ2) is 8.81. The monoisotopic (exact) mass is 412 g/mol. The molecule has 0 radical (unpaired) electrons. The molecule has 0 aliphatic heterocycles. The van der Waals surface area contributed by atoms with Gasteiger partial charge in [-0.2, -0.15) is 0 Å². The SMILES string of the molecule is COc1c(C(C)(C)C)cc(C)c(-c2c(C(C)C)cc(C(C)C)cc2C(C)C)c1P. The van der Waals surface area contributed by atoms with Crippen LogP contribution in [-0.2, 0) is 5.41 Å². The average molecular weight is 413 g/mol. The summed E-state index contributed by atoms with van der Waals surface area (Å²) in [4.78, 5) is 0. The summed E-state index contributed by atoms with van der Waals surface area (Å²) in [6.07, 6.45) is 0. The summed E-state index contributed by atoms with van der Waals surface area (Å²) >= 11 is 0. The summed E-state index contributed by atoms with van der Waals surface area (Å²) in [5.74, 6) is 2.44. The van der Waals surface area contributed by atoms with Gasteiger partial charge < -0.3 is 4.74 Å². The van der Waals surface area contributed by atoms with Crippen LogP contribution in [0.15, 0.2) is 18.2 Å². The van der Waals surface area contributed by atoms with Crippen LogP contribution in [0.2, 0.25) is 0 Å². The molecular formula is C27H41OP. The predicted molar refractivity (Wildman–Crippen MR) is 133 cm³/mol. The number of aryl methyl sites for hydroxylation is 1. The minimum Gasteiger partial charge on any atom is -0.496 e. The van der Waals surface area contributed by atoms with E-state index in [0.29, 0.717) is 17.8 Å². The van der Waals surface area contributed by atoms with E-state index in [-0.39, 0.29) is 5.41 Å². The van der Waals surface area contributed by atoms with Crippen molar-refractivity contribution in [1.29, 1.82) is 0 Å². The lowest BCUT2D eigenvalue weighted by Gasteiger charge is -2.29. The molecule has 2 rings (SSSR count). The van der Waals surface area contributed by atoms with Gasteiger partial charge in [0.2, 0.25) is 0 Å². The highest BCUT2D eigenvalue weighted by Crippen LogP contribution is 2.43. The second-order valence-electron chi connectivity index (χ2n) is 10.4. The summed E-state index contributed by atoms with van der Waals surface area (Å²) in [6, 6.07) is 7.21. The molecule has 29 heavy (non-hydrogen) atoms. The van der Waals surface area contributed by atoms with Crippen LogP contribution in [0.1, 0.15) is 108 Å². The van der Waals surface area contributed by atoms with Crippen LogP contribution < -0.4 is 10.0 Å². The summed E-state index contributed by atoms with van der Waals surface area (Å²) < 4.78 is 5.96. The summed E-state index contributed by atoms with van der Waals surface area (Å²) in [6.45, 7) is 22.8. The molecule has 0 saturated heterocycles. The van der Waals surface area contributed by atoms with Crippen molar-refractivity contribution in [1.82, 2.24) is 0 Å². The van der Waals surface area contributed by atoms with Crippen molar-refractivity contribution in [2.45, 2.75) is 92.4 Å². The fraction of sp³-hybridized carbons (Fsp3) is 0.556. The highest BCUT2D eigenvalue weighted by Gasteiger charge is 2.27. The van der Waals surface area contributed by atoms with Crippen molar-refractivity contribution >= 4 is 14.5 Å². The van der Waals surface area contributed by atoms with E-state index in [0.717, 1.165) is 5.75 Å². The maximum atomic E-state index is 5.96. The van der Waals surface area contributed by atoms with Gasteiger partial charge in [0.25, 0.3) is 0 Å². The van der Waals surface area contributed by atoms with Gasteiger partial charge in [0.05, 0.1) is 7.11 Å². The van der Waals surface area contributed by atoms with Crippen LogP contribution in [0.3, 0.4) is 0 Å². The van der Waals surface area contributed by atoms with Gasteiger partial charge in [-0.15, -0.1) is 9.24 Å². The van der Waals surface area contributed by atoms with Crippen LogP contribution in [0.5, 0.6) is 5.75 Å². The molecule has 0 N–H and O–H groups in total. The Kier molecular flexibility index (Phi) is 7.27. The van der Waals surface area contributed by atoms with Crippen LogP contribution in [0.25, 0.3) is 11.1 Å². The van der Waals surface area contributed by atoms with Crippen molar-refractivity contribution in [3.63, 3.8) is 0 Å². The molecule has 2 aromatic carbocycles. The van der Waals surface area contributed by atoms with Crippen molar-refractivity contribution in [2.75, 3.05) is 7.11 Å². The fourth-order valence-corrected chi connectivity index (χ4v) is 4.82. The summed E-state index contributed by atoms with van der Waals surface area (Å²) in [5.41, 5.74) is 9.66. The number of rotatable bonds is 5. The first-order valence-electron chi connectivity index (χ1n) is 11.0. The minimum atomic E-state index is 0.0310. The zero-order valence-corrected chi connectivity index (χ0v) is 21.6. The Hall–Kier alpha value is -1.33. The quantitative estimate of drug-likeness (QED) is 0.455. The van der Waals surface area contributed by atoms with E-state index in [4.69, 9.17) is 4.74 Å². The lowest BCUT2D eigenvalue weighted by molar-refractivity contribution is 0.401. The molecule has 1 atom stereocenters. The molecule has 0 saturated carbocycles. The maximum Gasteiger partial charge on any atom is 0.130 e. The molecule has 0 aromatic heterocycles. The molecule has 1 nitrogen and oxygen atoms in total. The summed E-state index contributed by atoms with van der Waals surface area (Å²) in [7, 11) is 4.80. The molecule has 0 aliphatic rings. The van der Waals surface area contributed by atoms with Gasteiger partial charge >= 0.3 is 0 Å². The second-order valence-corrected chi connectivity index (χ2v) is 10.9. The zero-order chi connectivity index (χ0) is 22.3. The van der Waals surface area contributed by atoms with Crippen molar-refractivity contribution in [2.24, 2.45) is 0 Å². The highest BCUT2D eigenvalue weighted by molar-refractivity contribution is 7.28. The Labute approximate surface area is 181 Å². The average Bonchev–Trinajstić information content (AvgIpc) is 2.59. The van der Waals surface area contributed by atoms with E-state index in [9.17, 15) is 0 Å². The largest absolute Gasteiger partial charge is 0.496 e. The Balaban J connectivity index is 3.01. The minimum absolute atomic E-state index is 0.0310. The van der Waals surface area contributed by atoms with Crippen LogP contribution in [-0.4, -0.2) is 7.11 Å². The smallest absolute Gasteiger partial charge is 0.130 e. The van der Waals surface area contributed by atoms with Gasteiger partial charge in [-0.05, 0) is 63.5 Å². The van der Waals surface area contributed by atoms with Crippen molar-refractivity contribution in [3.8, 4) is 16.9 Å². The Bertz CT molecular complexity index is 853. The molecule has 0 fully saturated rings. The van der Waals surface area contributed by atoms with E-state index in [1.807, 2.05) is 0 Å². The van der Waals surface area contributed by atoms with E-state index in [1.165, 1.54) is 44.2 Å². The standard InChI is InChI=1S/C27H41OP/c1-15(2)19-13-20(16(3)4)24(21(14-19)17(5)6)23-18(7)12-22(27(8,9)10)25(28-11)26(23)29/h12-17H,29H2,1-11H3. The van der Waals surface area contributed by atoms with E-state index in [2.05, 4.69) is 96.7 Å².